The Morgan fingerprint density at radius 3 is 1.42 bits per heavy atom. The molecule has 0 fully saturated rings. The number of rotatable bonds is 5. The fourth-order valence-electron chi connectivity index (χ4n) is 4.08. The van der Waals surface area contributed by atoms with Crippen LogP contribution in [-0.2, 0) is 29.0 Å². The van der Waals surface area contributed by atoms with Crippen LogP contribution in [0.4, 0.5) is 0 Å². The molecule has 36 heavy (non-hydrogen) atoms. The molecule has 6 heteroatoms. The van der Waals surface area contributed by atoms with Crippen molar-refractivity contribution >= 4 is 40.5 Å². The molecule has 3 rings (SSSR count). The number of halogens is 2. The van der Waals surface area contributed by atoms with Gasteiger partial charge in [0.25, 0.3) is 0 Å². The van der Waals surface area contributed by atoms with Gasteiger partial charge in [0.15, 0.2) is 0 Å². The van der Waals surface area contributed by atoms with Gasteiger partial charge in [0, 0.05) is 0 Å². The van der Waals surface area contributed by atoms with Crippen LogP contribution in [0.1, 0.15) is 84.7 Å². The maximum absolute atomic E-state index is 6.85. The Morgan fingerprint density at radius 1 is 0.667 bits per heavy atom. The van der Waals surface area contributed by atoms with Gasteiger partial charge in [-0.2, -0.15) is 0 Å². The van der Waals surface area contributed by atoms with Crippen molar-refractivity contribution in [1.82, 2.24) is 0 Å². The Labute approximate surface area is 241 Å². The normalized spacial score (nSPS) is 11.3. The summed E-state index contributed by atoms with van der Waals surface area (Å²) in [6.45, 7) is 24.3. The van der Waals surface area contributed by atoms with Gasteiger partial charge in [-0.25, -0.2) is 0 Å². The fraction of sp³-hybridized carbons (Fsp3) is 0.433. The second kappa shape index (κ2) is 12.6. The minimum Gasteiger partial charge on any atom is -0.147 e. The van der Waals surface area contributed by atoms with Crippen molar-refractivity contribution < 1.29 is 24.8 Å². The summed E-state index contributed by atoms with van der Waals surface area (Å²) in [5.74, 6) is 1.88. The molecule has 0 aliphatic carbocycles. The molecule has 3 aromatic rings. The van der Waals surface area contributed by atoms with E-state index in [0.717, 1.165) is 11.5 Å². The summed E-state index contributed by atoms with van der Waals surface area (Å²) < 4.78 is 16.0. The monoisotopic (exact) mass is 584 g/mol. The van der Waals surface area contributed by atoms with Crippen LogP contribution in [0.2, 0.25) is 0 Å². The van der Waals surface area contributed by atoms with Crippen LogP contribution < -0.4 is 6.64 Å². The molecule has 1 heterocycles. The summed E-state index contributed by atoms with van der Waals surface area (Å²) in [4.78, 5) is 2.69. The van der Waals surface area contributed by atoms with Crippen LogP contribution in [0.3, 0.4) is 0 Å². The molecule has 0 aliphatic heterocycles. The quantitative estimate of drug-likeness (QED) is 0.278. The molecule has 2 aromatic carbocycles. The Balaban J connectivity index is 0.00000324. The van der Waals surface area contributed by atoms with E-state index in [1.54, 1.807) is 0 Å². The van der Waals surface area contributed by atoms with Crippen molar-refractivity contribution in [3.05, 3.63) is 79.5 Å². The molecule has 0 unspecified atom stereocenters. The van der Waals surface area contributed by atoms with Gasteiger partial charge >= 0.3 is 218 Å². The number of aryl methyl sites for hydroxylation is 4. The summed E-state index contributed by atoms with van der Waals surface area (Å²) in [6, 6.07) is 13.0. The largest absolute Gasteiger partial charge is 0.147 e. The van der Waals surface area contributed by atoms with Crippen LogP contribution in [0.5, 0.6) is 11.5 Å². The zero-order valence-corrected chi connectivity index (χ0v) is 27.6. The van der Waals surface area contributed by atoms with Crippen LogP contribution in [0, 0.1) is 34.6 Å². The summed E-state index contributed by atoms with van der Waals surface area (Å²) in [5, 5.41) is 0. The summed E-state index contributed by atoms with van der Waals surface area (Å²) in [6.07, 6.45) is 0. The predicted molar refractivity (Wildman–Crippen MR) is 159 cm³/mol. The number of hydrogen-bond acceptors (Lipinski definition) is 3. The first-order chi connectivity index (χ1) is 15.7. The standard InChI is InChI=1S/2C11H16O.C8H10S.2ClH.Ti/c2*1-8-5-6-10(12)9(7-8)11(2,3)4;1-5-6(2)8(4)9-7(5)3;;;/h2*5-7,12H,1-4H3;1H,2-4H3;2*1H;/q;;;;;+2/p-2. The SMILES string of the molecule is Cc1ccc([O][Ti](=[CH]c2c(C)sc(C)c2C)[O]c2ccc(C)cc2C(C)(C)C)c(C(C)(C)C)c1.Cl.Cl. The second-order valence-electron chi connectivity index (χ2n) is 11.4. The van der Waals surface area contributed by atoms with E-state index < -0.39 is 18.2 Å². The molecule has 0 spiro atoms. The van der Waals surface area contributed by atoms with Gasteiger partial charge in [-0.05, 0) is 0 Å². The van der Waals surface area contributed by atoms with Crippen LogP contribution in [0.25, 0.3) is 0 Å². The van der Waals surface area contributed by atoms with Crippen molar-refractivity contribution in [2.45, 2.75) is 87.0 Å². The first-order valence-electron chi connectivity index (χ1n) is 12.0. The van der Waals surface area contributed by atoms with Gasteiger partial charge in [-0.1, -0.05) is 0 Å². The number of thiophene rings is 1. The molecule has 0 saturated carbocycles. The van der Waals surface area contributed by atoms with Crippen molar-refractivity contribution in [3.8, 4) is 11.5 Å². The van der Waals surface area contributed by atoms with Gasteiger partial charge < -0.3 is 0 Å². The Morgan fingerprint density at radius 2 is 1.08 bits per heavy atom. The van der Waals surface area contributed by atoms with E-state index in [1.807, 2.05) is 11.3 Å². The molecule has 2 nitrogen and oxygen atoms in total. The minimum absolute atomic E-state index is 0. The summed E-state index contributed by atoms with van der Waals surface area (Å²) in [7, 11) is 0. The van der Waals surface area contributed by atoms with Crippen LogP contribution >= 0.6 is 36.2 Å². The van der Waals surface area contributed by atoms with Crippen molar-refractivity contribution in [3.63, 3.8) is 0 Å². The minimum atomic E-state index is -2.66. The van der Waals surface area contributed by atoms with E-state index in [0.29, 0.717) is 0 Å². The molecule has 198 valence electrons. The van der Waals surface area contributed by atoms with E-state index in [9.17, 15) is 0 Å². The molecule has 0 atom stereocenters. The van der Waals surface area contributed by atoms with Crippen LogP contribution in [-0.4, -0.2) is 4.31 Å². The van der Waals surface area contributed by atoms with Gasteiger partial charge in [0.05, 0.1) is 0 Å². The predicted octanol–water partition coefficient (Wildman–Crippen LogP) is 9.49. The molecular weight excluding hydrogens is 543 g/mol. The zero-order chi connectivity index (χ0) is 25.4. The van der Waals surface area contributed by atoms with E-state index in [1.165, 1.54) is 43.1 Å². The average molecular weight is 586 g/mol. The van der Waals surface area contributed by atoms with E-state index >= 15 is 0 Å². The average Bonchev–Trinajstić information content (AvgIpc) is 2.95. The maximum atomic E-state index is 6.85. The zero-order valence-electron chi connectivity index (χ0n) is 23.6. The summed E-state index contributed by atoms with van der Waals surface area (Å²) in [5.41, 5.74) is 7.53. The molecule has 1 aromatic heterocycles. The van der Waals surface area contributed by atoms with Gasteiger partial charge in [0.1, 0.15) is 0 Å². The summed E-state index contributed by atoms with van der Waals surface area (Å²) >= 11 is -0.802. The van der Waals surface area contributed by atoms with Gasteiger partial charge in [-0.3, -0.25) is 0 Å². The van der Waals surface area contributed by atoms with Gasteiger partial charge in [0.2, 0.25) is 0 Å². The van der Waals surface area contributed by atoms with Gasteiger partial charge in [-0.15, -0.1) is 24.8 Å². The van der Waals surface area contributed by atoms with Crippen LogP contribution in [0.15, 0.2) is 36.4 Å². The third-order valence-electron chi connectivity index (χ3n) is 6.19. The topological polar surface area (TPSA) is 18.5 Å². The van der Waals surface area contributed by atoms with E-state index in [-0.39, 0.29) is 35.6 Å². The van der Waals surface area contributed by atoms with Crippen molar-refractivity contribution in [2.24, 2.45) is 0 Å². The Kier molecular flexibility index (Phi) is 11.6. The number of hydrogen-bond donors (Lipinski definition) is 0. The molecule has 0 amide bonds. The van der Waals surface area contributed by atoms with Crippen molar-refractivity contribution in [1.29, 1.82) is 0 Å². The third kappa shape index (κ3) is 7.95. The maximum Gasteiger partial charge on any atom is -0.147 e. The molecule has 0 aliphatic rings. The van der Waals surface area contributed by atoms with E-state index in [4.69, 9.17) is 6.64 Å². The molecule has 0 bridgehead atoms. The first-order valence-corrected chi connectivity index (χ1v) is 15.0. The molecular formula is C30H42Cl2O2STi. The molecule has 0 saturated heterocycles. The fourth-order valence-corrected chi connectivity index (χ4v) is 7.81. The number of benzene rings is 2. The molecule has 0 N–H and O–H groups in total. The van der Waals surface area contributed by atoms with E-state index in [2.05, 4.69) is 117 Å². The Hall–Kier alpha value is -1.10. The third-order valence-corrected chi connectivity index (χ3v) is 9.46. The smallest absolute Gasteiger partial charge is 0.147 e. The van der Waals surface area contributed by atoms with Crippen molar-refractivity contribution in [2.75, 3.05) is 0 Å². The molecule has 0 radical (unpaired) electrons. The first kappa shape index (κ1) is 32.9. The second-order valence-corrected chi connectivity index (χ2v) is 14.9. The Bertz CT molecular complexity index is 1160.